The van der Waals surface area contributed by atoms with E-state index in [2.05, 4.69) is 55.2 Å². The number of hydrogen-bond acceptors (Lipinski definition) is 1. The Balaban J connectivity index is 1.63. The lowest BCUT2D eigenvalue weighted by Gasteiger charge is -2.45. The Bertz CT molecular complexity index is 488. The van der Waals surface area contributed by atoms with Gasteiger partial charge in [-0.1, -0.05) is 68.7 Å². The summed E-state index contributed by atoms with van der Waals surface area (Å²) in [6.07, 6.45) is 12.2. The zero-order valence-electron chi connectivity index (χ0n) is 14.3. The van der Waals surface area contributed by atoms with Crippen molar-refractivity contribution >= 4 is 0 Å². The molecule has 22 heavy (non-hydrogen) atoms. The van der Waals surface area contributed by atoms with E-state index in [4.69, 9.17) is 0 Å². The molecular formula is C21H31N. The van der Waals surface area contributed by atoms with Crippen LogP contribution in [0.25, 0.3) is 0 Å². The molecule has 0 aliphatic carbocycles. The first-order valence-electron chi connectivity index (χ1n) is 9.21. The van der Waals surface area contributed by atoms with Crippen molar-refractivity contribution in [2.45, 2.75) is 77.4 Å². The first-order chi connectivity index (χ1) is 10.7. The second-order valence-electron chi connectivity index (χ2n) is 7.63. The minimum Gasteiger partial charge on any atom is -0.289 e. The van der Waals surface area contributed by atoms with Crippen molar-refractivity contribution in [2.24, 2.45) is 5.92 Å². The Morgan fingerprint density at radius 3 is 2.68 bits per heavy atom. The smallest absolute Gasteiger partial charge is 0.0287 e. The topological polar surface area (TPSA) is 3.24 Å². The van der Waals surface area contributed by atoms with Crippen LogP contribution in [0.5, 0.6) is 0 Å². The fourth-order valence-electron chi connectivity index (χ4n) is 4.17. The number of hydrogen-bond donors (Lipinski definition) is 0. The maximum atomic E-state index is 2.77. The number of nitrogens with zero attached hydrogens (tertiary/aromatic N) is 1. The quantitative estimate of drug-likeness (QED) is 0.621. The summed E-state index contributed by atoms with van der Waals surface area (Å²) in [7, 11) is 0. The van der Waals surface area contributed by atoms with Crippen LogP contribution < -0.4 is 0 Å². The van der Waals surface area contributed by atoms with Gasteiger partial charge in [0.1, 0.15) is 0 Å². The lowest BCUT2D eigenvalue weighted by atomic mass is 9.83. The van der Waals surface area contributed by atoms with Gasteiger partial charge >= 0.3 is 0 Å². The molecule has 0 saturated carbocycles. The van der Waals surface area contributed by atoms with Crippen molar-refractivity contribution in [1.82, 2.24) is 4.90 Å². The minimum atomic E-state index is 0.696. The molecule has 1 saturated heterocycles. The fraction of sp³-hybridized carbons (Fsp3) is 0.619. The van der Waals surface area contributed by atoms with Gasteiger partial charge < -0.3 is 0 Å². The molecule has 0 radical (unpaired) electrons. The zero-order chi connectivity index (χ0) is 15.4. The van der Waals surface area contributed by atoms with E-state index in [9.17, 15) is 0 Å². The van der Waals surface area contributed by atoms with E-state index in [1.165, 1.54) is 50.5 Å². The van der Waals surface area contributed by atoms with Crippen LogP contribution in [0.3, 0.4) is 0 Å². The monoisotopic (exact) mass is 297 g/mol. The second-order valence-corrected chi connectivity index (χ2v) is 7.63. The molecule has 2 heterocycles. The van der Waals surface area contributed by atoms with Crippen molar-refractivity contribution in [3.63, 3.8) is 0 Å². The van der Waals surface area contributed by atoms with Gasteiger partial charge in [0, 0.05) is 18.6 Å². The van der Waals surface area contributed by atoms with E-state index in [1.807, 2.05) is 0 Å². The molecule has 1 nitrogen and oxygen atoms in total. The van der Waals surface area contributed by atoms with Gasteiger partial charge in [-0.05, 0) is 43.6 Å². The standard InChI is InChI=1S/C21H31N/c1-17(2)8-6-11-19-14-20-12-7-13-21(15-19)22(20)16-18-9-4-3-5-10-18/h3-5,9-10,14,17,20-21H,6-8,11-13,15-16H2,1-2H3. The number of benzene rings is 1. The van der Waals surface area contributed by atoms with Gasteiger partial charge in [0.15, 0.2) is 0 Å². The molecule has 1 aromatic rings. The van der Waals surface area contributed by atoms with E-state index in [-0.39, 0.29) is 0 Å². The molecule has 3 rings (SSSR count). The molecule has 0 spiro atoms. The van der Waals surface area contributed by atoms with Crippen molar-refractivity contribution < 1.29 is 0 Å². The van der Waals surface area contributed by atoms with Crippen LogP contribution >= 0.6 is 0 Å². The van der Waals surface area contributed by atoms with E-state index in [0.29, 0.717) is 6.04 Å². The molecular weight excluding hydrogens is 266 g/mol. The maximum absolute atomic E-state index is 2.77. The number of fused-ring (bicyclic) bond motifs is 2. The van der Waals surface area contributed by atoms with E-state index < -0.39 is 0 Å². The number of rotatable bonds is 6. The second kappa shape index (κ2) is 7.46. The average molecular weight is 297 g/mol. The molecule has 1 aromatic carbocycles. The Labute approximate surface area is 136 Å². The normalized spacial score (nSPS) is 25.3. The molecule has 0 amide bonds. The molecule has 1 heteroatoms. The third kappa shape index (κ3) is 4.01. The van der Waals surface area contributed by atoms with Gasteiger partial charge in [-0.3, -0.25) is 4.90 Å². The SMILES string of the molecule is CC(C)CCCC1=CC2CCCC(C1)N2Cc1ccccc1. The molecule has 2 aliphatic heterocycles. The molecule has 0 N–H and O–H groups in total. The molecule has 2 aliphatic rings. The van der Waals surface area contributed by atoms with E-state index >= 15 is 0 Å². The lowest BCUT2D eigenvalue weighted by molar-refractivity contribution is 0.0875. The van der Waals surface area contributed by atoms with Gasteiger partial charge in [-0.25, -0.2) is 0 Å². The van der Waals surface area contributed by atoms with Crippen molar-refractivity contribution in [2.75, 3.05) is 0 Å². The fourth-order valence-corrected chi connectivity index (χ4v) is 4.17. The largest absolute Gasteiger partial charge is 0.289 e. The highest BCUT2D eigenvalue weighted by molar-refractivity contribution is 5.20. The van der Waals surface area contributed by atoms with E-state index in [0.717, 1.165) is 18.5 Å². The van der Waals surface area contributed by atoms with Gasteiger partial charge in [0.2, 0.25) is 0 Å². The highest BCUT2D eigenvalue weighted by atomic mass is 15.2. The predicted octanol–water partition coefficient (Wildman–Crippen LogP) is 5.57. The summed E-state index contributed by atoms with van der Waals surface area (Å²) in [5.41, 5.74) is 3.22. The Hall–Kier alpha value is -1.08. The summed E-state index contributed by atoms with van der Waals surface area (Å²) in [6, 6.07) is 12.5. The third-order valence-corrected chi connectivity index (χ3v) is 5.35. The molecule has 1 fully saturated rings. The zero-order valence-corrected chi connectivity index (χ0v) is 14.3. The summed E-state index contributed by atoms with van der Waals surface area (Å²) < 4.78 is 0. The summed E-state index contributed by atoms with van der Waals surface area (Å²) in [5, 5.41) is 0. The van der Waals surface area contributed by atoms with E-state index in [1.54, 1.807) is 5.57 Å². The molecule has 120 valence electrons. The van der Waals surface area contributed by atoms with Crippen LogP contribution in [-0.2, 0) is 6.54 Å². The van der Waals surface area contributed by atoms with Gasteiger partial charge in [0.05, 0.1) is 0 Å². The summed E-state index contributed by atoms with van der Waals surface area (Å²) in [6.45, 7) is 5.81. The molecule has 0 aromatic heterocycles. The average Bonchev–Trinajstić information content (AvgIpc) is 2.48. The van der Waals surface area contributed by atoms with Crippen LogP contribution in [-0.4, -0.2) is 17.0 Å². The Morgan fingerprint density at radius 2 is 1.95 bits per heavy atom. The van der Waals surface area contributed by atoms with Crippen molar-refractivity contribution in [1.29, 1.82) is 0 Å². The maximum Gasteiger partial charge on any atom is 0.0287 e. The summed E-state index contributed by atoms with van der Waals surface area (Å²) in [4.78, 5) is 2.77. The van der Waals surface area contributed by atoms with Crippen LogP contribution in [0.2, 0.25) is 0 Å². The van der Waals surface area contributed by atoms with Crippen LogP contribution in [0.4, 0.5) is 0 Å². The van der Waals surface area contributed by atoms with Gasteiger partial charge in [-0.15, -0.1) is 0 Å². The molecule has 2 unspecified atom stereocenters. The summed E-state index contributed by atoms with van der Waals surface area (Å²) >= 11 is 0. The predicted molar refractivity (Wildman–Crippen MR) is 94.8 cm³/mol. The Kier molecular flexibility index (Phi) is 5.36. The van der Waals surface area contributed by atoms with Crippen molar-refractivity contribution in [3.05, 3.63) is 47.5 Å². The lowest BCUT2D eigenvalue weighted by Crippen LogP contribution is -2.47. The first-order valence-corrected chi connectivity index (χ1v) is 9.21. The molecule has 2 bridgehead atoms. The Morgan fingerprint density at radius 1 is 1.14 bits per heavy atom. The van der Waals surface area contributed by atoms with Crippen LogP contribution in [0, 0.1) is 5.92 Å². The summed E-state index contributed by atoms with van der Waals surface area (Å²) in [5.74, 6) is 0.846. The van der Waals surface area contributed by atoms with Gasteiger partial charge in [0.25, 0.3) is 0 Å². The van der Waals surface area contributed by atoms with Crippen LogP contribution in [0.15, 0.2) is 42.0 Å². The number of piperidine rings is 1. The first kappa shape index (κ1) is 15.8. The highest BCUT2D eigenvalue weighted by Crippen LogP contribution is 2.36. The van der Waals surface area contributed by atoms with Gasteiger partial charge in [-0.2, -0.15) is 0 Å². The molecule has 2 atom stereocenters. The van der Waals surface area contributed by atoms with Crippen molar-refractivity contribution in [3.8, 4) is 0 Å². The highest BCUT2D eigenvalue weighted by Gasteiger charge is 2.33. The third-order valence-electron chi connectivity index (χ3n) is 5.35. The minimum absolute atomic E-state index is 0.696. The van der Waals surface area contributed by atoms with Crippen LogP contribution in [0.1, 0.15) is 64.4 Å².